The normalized spacial score (nSPS) is 43.2. The van der Waals surface area contributed by atoms with Crippen LogP contribution < -0.4 is 5.73 Å². The predicted molar refractivity (Wildman–Crippen MR) is 66.3 cm³/mol. The summed E-state index contributed by atoms with van der Waals surface area (Å²) in [5.41, 5.74) is 8.93. The summed E-state index contributed by atoms with van der Waals surface area (Å²) in [4.78, 5) is 0. The van der Waals surface area contributed by atoms with Crippen LogP contribution in [0.15, 0.2) is 6.20 Å². The second kappa shape index (κ2) is 3.35. The maximum Gasteiger partial charge on any atom is 0.0528 e. The molecule has 3 N–H and O–H groups in total. The molecule has 4 bridgehead atoms. The van der Waals surface area contributed by atoms with Gasteiger partial charge in [0.05, 0.1) is 11.9 Å². The first kappa shape index (κ1) is 10.1. The van der Waals surface area contributed by atoms with E-state index in [2.05, 4.69) is 16.4 Å². The lowest BCUT2D eigenvalue weighted by molar-refractivity contribution is -0.00556. The van der Waals surface area contributed by atoms with Gasteiger partial charge in [0.15, 0.2) is 0 Å². The summed E-state index contributed by atoms with van der Waals surface area (Å²) >= 11 is 0. The van der Waals surface area contributed by atoms with E-state index in [-0.39, 0.29) is 0 Å². The number of nitrogens with zero attached hydrogens (tertiary/aromatic N) is 1. The molecule has 0 spiro atoms. The number of hydrogen-bond donors (Lipinski definition) is 2. The molecule has 1 heterocycles. The van der Waals surface area contributed by atoms with Gasteiger partial charge in [-0.2, -0.15) is 5.10 Å². The van der Waals surface area contributed by atoms with Gasteiger partial charge in [-0.1, -0.05) is 0 Å². The maximum absolute atomic E-state index is 5.84. The van der Waals surface area contributed by atoms with Crippen LogP contribution in [0.2, 0.25) is 0 Å². The molecule has 0 unspecified atom stereocenters. The molecule has 0 saturated heterocycles. The smallest absolute Gasteiger partial charge is 0.0528 e. The van der Waals surface area contributed by atoms with Crippen LogP contribution in [0.5, 0.6) is 0 Å². The van der Waals surface area contributed by atoms with E-state index in [0.717, 1.165) is 17.8 Å². The van der Waals surface area contributed by atoms with Crippen LogP contribution >= 0.6 is 0 Å². The van der Waals surface area contributed by atoms with Gasteiger partial charge >= 0.3 is 0 Å². The average Bonchev–Trinajstić information content (AvgIpc) is 2.75. The minimum atomic E-state index is 0.441. The van der Waals surface area contributed by atoms with E-state index in [4.69, 9.17) is 5.73 Å². The van der Waals surface area contributed by atoms with Crippen LogP contribution in [-0.4, -0.2) is 10.2 Å². The van der Waals surface area contributed by atoms with E-state index in [1.54, 1.807) is 0 Å². The van der Waals surface area contributed by atoms with Crippen LogP contribution in [0.4, 0.5) is 0 Å². The van der Waals surface area contributed by atoms with Gasteiger partial charge in [-0.25, -0.2) is 0 Å². The Kier molecular flexibility index (Phi) is 1.99. The lowest BCUT2D eigenvalue weighted by Crippen LogP contribution is -2.48. The number of H-pyrrole nitrogens is 1. The molecule has 4 aliphatic carbocycles. The Morgan fingerprint density at radius 1 is 1.18 bits per heavy atom. The van der Waals surface area contributed by atoms with Crippen LogP contribution in [0.25, 0.3) is 0 Å². The zero-order valence-corrected chi connectivity index (χ0v) is 10.3. The lowest BCUT2D eigenvalue weighted by Gasteiger charge is -2.57. The molecule has 4 saturated carbocycles. The number of aromatic nitrogens is 2. The van der Waals surface area contributed by atoms with E-state index in [1.807, 2.05) is 0 Å². The Bertz CT molecular complexity index is 399. The molecular formula is C14H21N3. The maximum atomic E-state index is 5.84. The number of rotatable bonds is 2. The molecule has 0 aromatic carbocycles. The number of nitrogens with two attached hydrogens (primary N) is 1. The summed E-state index contributed by atoms with van der Waals surface area (Å²) in [6.07, 6.45) is 10.7. The second-order valence-electron chi connectivity index (χ2n) is 6.66. The fourth-order valence-corrected chi connectivity index (χ4v) is 5.37. The Balaban J connectivity index is 1.77. The molecule has 4 fully saturated rings. The fourth-order valence-electron chi connectivity index (χ4n) is 5.37. The summed E-state index contributed by atoms with van der Waals surface area (Å²) in [6.45, 7) is 0.608. The lowest BCUT2D eigenvalue weighted by atomic mass is 9.48. The quantitative estimate of drug-likeness (QED) is 0.820. The highest BCUT2D eigenvalue weighted by Crippen LogP contribution is 2.60. The Morgan fingerprint density at radius 2 is 1.76 bits per heavy atom. The first-order chi connectivity index (χ1) is 8.29. The highest BCUT2D eigenvalue weighted by atomic mass is 15.1. The van der Waals surface area contributed by atoms with Gasteiger partial charge in [-0.15, -0.1) is 0 Å². The van der Waals surface area contributed by atoms with Crippen LogP contribution in [0.3, 0.4) is 0 Å². The van der Waals surface area contributed by atoms with Gasteiger partial charge in [-0.05, 0) is 61.7 Å². The van der Waals surface area contributed by atoms with Crippen LogP contribution in [-0.2, 0) is 12.0 Å². The molecule has 0 amide bonds. The molecule has 3 nitrogen and oxygen atoms in total. The molecule has 3 heteroatoms. The molecule has 0 radical (unpaired) electrons. The first-order valence-corrected chi connectivity index (χ1v) is 7.02. The molecule has 0 atom stereocenters. The van der Waals surface area contributed by atoms with Gasteiger partial charge in [0, 0.05) is 12.1 Å². The molecule has 0 aliphatic heterocycles. The number of hydrogen-bond acceptors (Lipinski definition) is 2. The fraction of sp³-hybridized carbons (Fsp3) is 0.786. The summed E-state index contributed by atoms with van der Waals surface area (Å²) in [6, 6.07) is 0. The summed E-state index contributed by atoms with van der Waals surface area (Å²) in [5.74, 6) is 2.96. The Labute approximate surface area is 102 Å². The summed E-state index contributed by atoms with van der Waals surface area (Å²) in [5, 5.41) is 7.35. The highest BCUT2D eigenvalue weighted by Gasteiger charge is 2.52. The van der Waals surface area contributed by atoms with Crippen molar-refractivity contribution >= 4 is 0 Å². The SMILES string of the molecule is NCc1[nH]ncc1C12CC3CC(CC(C3)C1)C2. The third-order valence-corrected chi connectivity index (χ3v) is 5.53. The highest BCUT2D eigenvalue weighted by molar-refractivity contribution is 5.30. The predicted octanol–water partition coefficient (Wildman–Crippen LogP) is 2.34. The third-order valence-electron chi connectivity index (χ3n) is 5.53. The number of aromatic amines is 1. The molecule has 1 aromatic heterocycles. The van der Waals surface area contributed by atoms with Gasteiger partial charge in [0.1, 0.15) is 0 Å². The van der Waals surface area contributed by atoms with Crippen LogP contribution in [0, 0.1) is 17.8 Å². The van der Waals surface area contributed by atoms with Crippen molar-refractivity contribution in [3.63, 3.8) is 0 Å². The molecule has 5 rings (SSSR count). The van der Waals surface area contributed by atoms with Gasteiger partial charge in [0.2, 0.25) is 0 Å². The number of nitrogens with one attached hydrogen (secondary N) is 1. The second-order valence-corrected chi connectivity index (χ2v) is 6.66. The first-order valence-electron chi connectivity index (χ1n) is 7.02. The monoisotopic (exact) mass is 231 g/mol. The molecule has 1 aromatic rings. The molecule has 4 aliphatic rings. The van der Waals surface area contributed by atoms with Gasteiger partial charge in [-0.3, -0.25) is 5.10 Å². The molecule has 92 valence electrons. The minimum absolute atomic E-state index is 0.441. The zero-order valence-electron chi connectivity index (χ0n) is 10.3. The zero-order chi connectivity index (χ0) is 11.5. The van der Waals surface area contributed by atoms with Crippen molar-refractivity contribution in [3.8, 4) is 0 Å². The van der Waals surface area contributed by atoms with Crippen molar-refractivity contribution in [2.24, 2.45) is 23.5 Å². The van der Waals surface area contributed by atoms with Gasteiger partial charge in [0.25, 0.3) is 0 Å². The van der Waals surface area contributed by atoms with Crippen molar-refractivity contribution < 1.29 is 0 Å². The van der Waals surface area contributed by atoms with E-state index in [1.165, 1.54) is 49.8 Å². The standard InChI is InChI=1S/C14H21N3/c15-7-13-12(8-16-17-13)14-4-9-1-10(5-14)3-11(2-9)6-14/h8-11H,1-7,15H2,(H,16,17). The Morgan fingerprint density at radius 3 is 2.29 bits per heavy atom. The largest absolute Gasteiger partial charge is 0.325 e. The minimum Gasteiger partial charge on any atom is -0.325 e. The molecular weight excluding hydrogens is 210 g/mol. The van der Waals surface area contributed by atoms with Crippen molar-refractivity contribution in [2.45, 2.75) is 50.5 Å². The Hall–Kier alpha value is -0.830. The van der Waals surface area contributed by atoms with E-state index in [0.29, 0.717) is 12.0 Å². The van der Waals surface area contributed by atoms with Crippen LogP contribution in [0.1, 0.15) is 49.8 Å². The topological polar surface area (TPSA) is 54.7 Å². The average molecular weight is 231 g/mol. The summed E-state index contributed by atoms with van der Waals surface area (Å²) in [7, 11) is 0. The van der Waals surface area contributed by atoms with Crippen molar-refractivity contribution in [1.29, 1.82) is 0 Å². The summed E-state index contributed by atoms with van der Waals surface area (Å²) < 4.78 is 0. The third kappa shape index (κ3) is 1.35. The van der Waals surface area contributed by atoms with E-state index in [9.17, 15) is 0 Å². The van der Waals surface area contributed by atoms with Gasteiger partial charge < -0.3 is 5.73 Å². The molecule has 17 heavy (non-hydrogen) atoms. The van der Waals surface area contributed by atoms with E-state index < -0.39 is 0 Å². The van der Waals surface area contributed by atoms with Crippen molar-refractivity contribution in [1.82, 2.24) is 10.2 Å². The van der Waals surface area contributed by atoms with E-state index >= 15 is 0 Å². The van der Waals surface area contributed by atoms with Crippen molar-refractivity contribution in [2.75, 3.05) is 0 Å². The van der Waals surface area contributed by atoms with Crippen molar-refractivity contribution in [3.05, 3.63) is 17.5 Å².